The van der Waals surface area contributed by atoms with Crippen LogP contribution in [0.1, 0.15) is 74.4 Å². The van der Waals surface area contributed by atoms with Crippen molar-refractivity contribution in [1.82, 2.24) is 25.0 Å². The number of carbonyl (C=O) groups excluding carboxylic acids is 2. The number of para-hydroxylation sites is 2. The lowest BCUT2D eigenvalue weighted by Crippen LogP contribution is -2.30. The van der Waals surface area contributed by atoms with Crippen molar-refractivity contribution in [2.24, 2.45) is 5.92 Å². The lowest BCUT2D eigenvalue weighted by Gasteiger charge is -2.19. The molecule has 2 aromatic heterocycles. The number of hydrogen-bond acceptors (Lipinski definition) is 8. The fraction of sp³-hybridized carbons (Fsp3) is 0.400. The third-order valence-electron chi connectivity index (χ3n) is 7.81. The van der Waals surface area contributed by atoms with Crippen molar-refractivity contribution in [2.75, 3.05) is 19.0 Å². The molecule has 2 aliphatic rings. The Hall–Kier alpha value is -4.03. The summed E-state index contributed by atoms with van der Waals surface area (Å²) in [5.41, 5.74) is 4.05. The summed E-state index contributed by atoms with van der Waals surface area (Å²) in [7, 11) is -2.67. The van der Waals surface area contributed by atoms with Crippen molar-refractivity contribution in [1.29, 1.82) is 0 Å². The summed E-state index contributed by atoms with van der Waals surface area (Å²) in [6.45, 7) is 4.18. The first kappa shape index (κ1) is 28.1. The SMILES string of the molecule is COC(=O)CC(=O)NC1CC(Nc2nc3ccccc3[nH]2)c2c1cc(S(=O)(=O)NCC(C)C)c1cc(C3CC3)ncc21. The van der Waals surface area contributed by atoms with E-state index in [-0.39, 0.29) is 23.4 Å². The van der Waals surface area contributed by atoms with E-state index in [1.54, 1.807) is 12.3 Å². The topological polar surface area (TPSA) is 155 Å². The molecule has 0 bridgehead atoms. The monoisotopic (exact) mass is 590 g/mol. The second kappa shape index (κ2) is 11.0. The molecule has 11 nitrogen and oxygen atoms in total. The van der Waals surface area contributed by atoms with E-state index in [0.717, 1.165) is 35.1 Å². The normalized spacial score (nSPS) is 18.4. The minimum absolute atomic E-state index is 0.118. The number of H-pyrrole nitrogens is 1. The number of rotatable bonds is 10. The van der Waals surface area contributed by atoms with Gasteiger partial charge in [0.1, 0.15) is 6.42 Å². The second-order valence-electron chi connectivity index (χ2n) is 11.5. The molecular formula is C30H34N6O5S. The standard InChI is InChI=1S/C30H34N6O5S/c1-16(2)14-32-42(39,40)26-11-19-24(33-27(37)13-28(38)41-3)12-25(36-30-34-21-6-4-5-7-22(21)35-30)29(19)20-15-31-23(10-18(20)26)17-8-9-17/h4-7,10-11,15-17,24-25,32H,8-9,12-14H2,1-3H3,(H,33,37)(H2,34,35,36). The van der Waals surface area contributed by atoms with E-state index in [1.165, 1.54) is 7.11 Å². The molecule has 6 rings (SSSR count). The number of fused-ring (bicyclic) bond motifs is 4. The van der Waals surface area contributed by atoms with Crippen LogP contribution in [-0.2, 0) is 24.3 Å². The molecule has 0 radical (unpaired) electrons. The number of methoxy groups -OCH3 is 1. The molecule has 220 valence electrons. The van der Waals surface area contributed by atoms with Gasteiger partial charge in [0.15, 0.2) is 0 Å². The van der Waals surface area contributed by atoms with Crippen molar-refractivity contribution in [3.63, 3.8) is 0 Å². The molecular weight excluding hydrogens is 556 g/mol. The Kier molecular flexibility index (Phi) is 7.36. The van der Waals surface area contributed by atoms with Crippen molar-refractivity contribution >= 4 is 49.7 Å². The van der Waals surface area contributed by atoms with Crippen LogP contribution in [0.4, 0.5) is 5.95 Å². The molecule has 2 aromatic carbocycles. The highest BCUT2D eigenvalue weighted by molar-refractivity contribution is 7.89. The molecule has 0 aliphatic heterocycles. The van der Waals surface area contributed by atoms with Gasteiger partial charge in [0.25, 0.3) is 0 Å². The predicted molar refractivity (Wildman–Crippen MR) is 158 cm³/mol. The smallest absolute Gasteiger partial charge is 0.315 e. The number of hydrogen-bond donors (Lipinski definition) is 4. The number of sulfonamides is 1. The van der Waals surface area contributed by atoms with Gasteiger partial charge in [-0.15, -0.1) is 0 Å². The Labute approximate surface area is 243 Å². The van der Waals surface area contributed by atoms with Crippen molar-refractivity contribution in [2.45, 2.75) is 62.4 Å². The zero-order valence-corrected chi connectivity index (χ0v) is 24.5. The van der Waals surface area contributed by atoms with Gasteiger partial charge in [0.2, 0.25) is 21.9 Å². The van der Waals surface area contributed by atoms with Crippen LogP contribution in [0.5, 0.6) is 0 Å². The first-order valence-electron chi connectivity index (χ1n) is 14.2. The van der Waals surface area contributed by atoms with Crippen molar-refractivity contribution in [3.05, 3.63) is 59.4 Å². The third kappa shape index (κ3) is 5.56. The summed E-state index contributed by atoms with van der Waals surface area (Å²) in [6.07, 6.45) is 3.78. The number of carbonyl (C=O) groups is 2. The van der Waals surface area contributed by atoms with Crippen molar-refractivity contribution < 1.29 is 22.7 Å². The van der Waals surface area contributed by atoms with Crippen LogP contribution in [0.2, 0.25) is 0 Å². The van der Waals surface area contributed by atoms with Gasteiger partial charge < -0.3 is 20.4 Å². The number of nitrogens with one attached hydrogen (secondary N) is 4. The fourth-order valence-electron chi connectivity index (χ4n) is 5.58. The largest absolute Gasteiger partial charge is 0.469 e. The highest BCUT2D eigenvalue weighted by Crippen LogP contribution is 2.47. The van der Waals surface area contributed by atoms with E-state index >= 15 is 0 Å². The molecule has 4 aromatic rings. The number of aromatic nitrogens is 3. The van der Waals surface area contributed by atoms with Gasteiger partial charge >= 0.3 is 5.97 Å². The van der Waals surface area contributed by atoms with Crippen LogP contribution >= 0.6 is 0 Å². The van der Waals surface area contributed by atoms with Gasteiger partial charge in [-0.25, -0.2) is 18.1 Å². The molecule has 2 unspecified atom stereocenters. The van der Waals surface area contributed by atoms with Gasteiger partial charge in [-0.05, 0) is 60.6 Å². The highest BCUT2D eigenvalue weighted by Gasteiger charge is 2.37. The fourth-order valence-corrected chi connectivity index (χ4v) is 7.03. The maximum absolute atomic E-state index is 13.7. The molecule has 4 N–H and O–H groups in total. The Morgan fingerprint density at radius 3 is 2.62 bits per heavy atom. The number of imidazole rings is 1. The summed E-state index contributed by atoms with van der Waals surface area (Å²) in [6, 6.07) is 10.4. The quantitative estimate of drug-likeness (QED) is 0.158. The van der Waals surface area contributed by atoms with Gasteiger partial charge in [-0.3, -0.25) is 14.6 Å². The molecule has 12 heteroatoms. The van der Waals surface area contributed by atoms with Gasteiger partial charge in [-0.2, -0.15) is 0 Å². The van der Waals surface area contributed by atoms with E-state index in [2.05, 4.69) is 30.1 Å². The molecule has 2 atom stereocenters. The minimum atomic E-state index is -3.90. The summed E-state index contributed by atoms with van der Waals surface area (Å²) in [5, 5.41) is 7.70. The Morgan fingerprint density at radius 1 is 1.12 bits per heavy atom. The number of nitrogens with zero attached hydrogens (tertiary/aromatic N) is 2. The van der Waals surface area contributed by atoms with Crippen molar-refractivity contribution in [3.8, 4) is 0 Å². The highest BCUT2D eigenvalue weighted by atomic mass is 32.2. The Balaban J connectivity index is 1.48. The molecule has 2 aliphatic carbocycles. The van der Waals surface area contributed by atoms with E-state index in [9.17, 15) is 18.0 Å². The minimum Gasteiger partial charge on any atom is -0.469 e. The lowest BCUT2D eigenvalue weighted by atomic mass is 9.98. The molecule has 42 heavy (non-hydrogen) atoms. The first-order valence-corrected chi connectivity index (χ1v) is 15.6. The number of pyridine rings is 1. The molecule has 0 spiro atoms. The van der Waals surface area contributed by atoms with Crippen LogP contribution in [-0.4, -0.2) is 48.9 Å². The number of esters is 1. The predicted octanol–water partition coefficient (Wildman–Crippen LogP) is 4.20. The lowest BCUT2D eigenvalue weighted by molar-refractivity contribution is -0.143. The van der Waals surface area contributed by atoms with Crippen LogP contribution in [0.3, 0.4) is 0 Å². The van der Waals surface area contributed by atoms with E-state index < -0.39 is 34.4 Å². The average Bonchev–Trinajstić information content (AvgIpc) is 3.65. The average molecular weight is 591 g/mol. The number of aromatic amines is 1. The maximum Gasteiger partial charge on any atom is 0.315 e. The zero-order valence-electron chi connectivity index (χ0n) is 23.7. The van der Waals surface area contributed by atoms with Crippen LogP contribution in [0.25, 0.3) is 21.8 Å². The van der Waals surface area contributed by atoms with Crippen LogP contribution in [0.15, 0.2) is 47.5 Å². The molecule has 1 fully saturated rings. The Bertz CT molecular complexity index is 1760. The number of benzene rings is 2. The molecule has 2 heterocycles. The van der Waals surface area contributed by atoms with Gasteiger partial charge in [-0.1, -0.05) is 26.0 Å². The summed E-state index contributed by atoms with van der Waals surface area (Å²) in [5.74, 6) is -0.158. The summed E-state index contributed by atoms with van der Waals surface area (Å²) < 4.78 is 34.9. The van der Waals surface area contributed by atoms with Crippen LogP contribution < -0.4 is 15.4 Å². The number of amides is 1. The first-order chi connectivity index (χ1) is 20.1. The van der Waals surface area contributed by atoms with Gasteiger partial charge in [0.05, 0.1) is 35.1 Å². The van der Waals surface area contributed by atoms with E-state index in [1.807, 2.05) is 44.2 Å². The number of ether oxygens (including phenoxy) is 1. The number of anilines is 1. The molecule has 0 saturated heterocycles. The summed E-state index contributed by atoms with van der Waals surface area (Å²) in [4.78, 5) is 37.5. The molecule has 1 saturated carbocycles. The van der Waals surface area contributed by atoms with Gasteiger partial charge in [0, 0.05) is 35.1 Å². The summed E-state index contributed by atoms with van der Waals surface area (Å²) >= 11 is 0. The maximum atomic E-state index is 13.7. The van der Waals surface area contributed by atoms with Crippen LogP contribution in [0, 0.1) is 5.92 Å². The zero-order chi connectivity index (χ0) is 29.6. The van der Waals surface area contributed by atoms with E-state index in [0.29, 0.717) is 34.6 Å². The Morgan fingerprint density at radius 2 is 1.90 bits per heavy atom. The second-order valence-corrected chi connectivity index (χ2v) is 13.2. The van der Waals surface area contributed by atoms with E-state index in [4.69, 9.17) is 4.98 Å². The third-order valence-corrected chi connectivity index (χ3v) is 9.27. The molecule has 1 amide bonds.